The van der Waals surface area contributed by atoms with Crippen molar-refractivity contribution in [2.24, 2.45) is 0 Å². The van der Waals surface area contributed by atoms with Crippen molar-refractivity contribution in [3.8, 4) is 22.5 Å². The quantitative estimate of drug-likeness (QED) is 0.159. The first-order valence-corrected chi connectivity index (χ1v) is 18.8. The van der Waals surface area contributed by atoms with E-state index in [1.165, 1.54) is 29.9 Å². The number of benzene rings is 4. The zero-order chi connectivity index (χ0) is 37.2. The number of hydrogen-bond donors (Lipinski definition) is 2. The highest BCUT2D eigenvalue weighted by atomic mass is 32.1. The highest BCUT2D eigenvalue weighted by Gasteiger charge is 2.15. The van der Waals surface area contributed by atoms with Crippen molar-refractivity contribution in [2.45, 2.75) is 60.9 Å². The molecule has 6 aromatic rings. The minimum absolute atomic E-state index is 0. The number of carbonyl (C=O) groups excluding carboxylic acids is 1. The third-order valence-electron chi connectivity index (χ3n) is 8.48. The summed E-state index contributed by atoms with van der Waals surface area (Å²) in [6.45, 7) is 14.3. The van der Waals surface area contributed by atoms with Gasteiger partial charge >= 0.3 is 0 Å². The molecule has 0 bridgehead atoms. The number of anilines is 2. The summed E-state index contributed by atoms with van der Waals surface area (Å²) in [6, 6.07) is 25.3. The largest absolute Gasteiger partial charge is 0.381 e. The fraction of sp³-hybridized carbons (Fsp3) is 0.262. The van der Waals surface area contributed by atoms with Gasteiger partial charge in [0.2, 0.25) is 0 Å². The van der Waals surface area contributed by atoms with Gasteiger partial charge < -0.3 is 15.4 Å². The van der Waals surface area contributed by atoms with Crippen LogP contribution in [0.5, 0.6) is 0 Å². The molecule has 1 saturated heterocycles. The smallest absolute Gasteiger partial charge is 0.258 e. The molecule has 2 N–H and O–H groups in total. The molecular formula is C42H44BF2N4O2S2. The van der Waals surface area contributed by atoms with E-state index in [1.807, 2.05) is 58.0 Å². The lowest BCUT2D eigenvalue weighted by atomic mass is 10.1. The van der Waals surface area contributed by atoms with Crippen LogP contribution in [0, 0.1) is 53.2 Å². The molecule has 0 saturated carbocycles. The van der Waals surface area contributed by atoms with E-state index < -0.39 is 11.7 Å². The standard InChI is InChI=1S/C19H17FN2OS.C19H19FN2S.C4H8O.B/c1-11-5-4-6-16(20)17(11)19(23)22-15-9-7-14(8-10-15)18-12(2)24-13(3)21-18;1-12-5-4-6-18(20)17(12)11-21-16-9-7-15(8-10-16)19-13(2)23-14(3)22-19;1-2-4-5-3-1;/h4-10H,1-3H3,(H,22,23);4-10,21H,11H2,1-3H3;1-4H2;. The Morgan fingerprint density at radius 1 is 0.679 bits per heavy atom. The molecule has 273 valence electrons. The fourth-order valence-corrected chi connectivity index (χ4v) is 7.44. The summed E-state index contributed by atoms with van der Waals surface area (Å²) < 4.78 is 32.7. The van der Waals surface area contributed by atoms with Crippen LogP contribution in [0.25, 0.3) is 22.5 Å². The monoisotopic (exact) mass is 749 g/mol. The Morgan fingerprint density at radius 2 is 1.17 bits per heavy atom. The number of rotatable bonds is 7. The third kappa shape index (κ3) is 11.1. The molecule has 1 fully saturated rings. The van der Waals surface area contributed by atoms with Gasteiger partial charge in [0.15, 0.2) is 0 Å². The summed E-state index contributed by atoms with van der Waals surface area (Å²) in [4.78, 5) is 23.8. The van der Waals surface area contributed by atoms with Gasteiger partial charge in [0.1, 0.15) is 11.6 Å². The highest BCUT2D eigenvalue weighted by Crippen LogP contribution is 2.29. The van der Waals surface area contributed by atoms with Gasteiger partial charge in [-0.05, 0) is 102 Å². The van der Waals surface area contributed by atoms with E-state index in [1.54, 1.807) is 59.9 Å². The molecule has 1 amide bonds. The van der Waals surface area contributed by atoms with Crippen molar-refractivity contribution in [3.05, 3.63) is 139 Å². The van der Waals surface area contributed by atoms with Crippen LogP contribution in [0.2, 0.25) is 0 Å². The fourth-order valence-electron chi connectivity index (χ4n) is 5.75. The van der Waals surface area contributed by atoms with E-state index in [9.17, 15) is 13.6 Å². The molecule has 11 heteroatoms. The third-order valence-corrected chi connectivity index (χ3v) is 10.3. The molecule has 0 aliphatic carbocycles. The molecule has 3 radical (unpaired) electrons. The van der Waals surface area contributed by atoms with Crippen LogP contribution >= 0.6 is 22.7 Å². The van der Waals surface area contributed by atoms with Crippen LogP contribution in [0.4, 0.5) is 20.2 Å². The average Bonchev–Trinajstić information content (AvgIpc) is 3.88. The number of amides is 1. The summed E-state index contributed by atoms with van der Waals surface area (Å²) in [5, 5.41) is 8.13. The number of halogens is 2. The maximum Gasteiger partial charge on any atom is 0.258 e. The average molecular weight is 750 g/mol. The second-order valence-electron chi connectivity index (χ2n) is 12.5. The van der Waals surface area contributed by atoms with E-state index >= 15 is 0 Å². The minimum atomic E-state index is -0.516. The zero-order valence-electron chi connectivity index (χ0n) is 31.0. The summed E-state index contributed by atoms with van der Waals surface area (Å²) >= 11 is 3.37. The van der Waals surface area contributed by atoms with Gasteiger partial charge in [-0.3, -0.25) is 4.79 Å². The van der Waals surface area contributed by atoms with Crippen LogP contribution in [-0.2, 0) is 11.3 Å². The van der Waals surface area contributed by atoms with Gasteiger partial charge in [-0.2, -0.15) is 0 Å². The SMILES string of the molecule is C1CCOC1.Cc1nc(-c2ccc(NC(=O)c3c(C)cccc3F)cc2)c(C)s1.Cc1nc(-c2ccc(NCc3c(C)cccc3F)cc2)c(C)s1.[B]. The molecule has 4 aromatic carbocycles. The van der Waals surface area contributed by atoms with E-state index in [2.05, 4.69) is 39.7 Å². The molecule has 3 heterocycles. The van der Waals surface area contributed by atoms with E-state index in [0.29, 0.717) is 23.4 Å². The van der Waals surface area contributed by atoms with Crippen molar-refractivity contribution in [1.29, 1.82) is 0 Å². The molecule has 1 aliphatic rings. The van der Waals surface area contributed by atoms with Gasteiger partial charge in [-0.25, -0.2) is 18.7 Å². The molecule has 7 rings (SSSR count). The molecule has 1 aliphatic heterocycles. The van der Waals surface area contributed by atoms with Crippen molar-refractivity contribution in [1.82, 2.24) is 9.97 Å². The predicted molar refractivity (Wildman–Crippen MR) is 217 cm³/mol. The molecule has 53 heavy (non-hydrogen) atoms. The molecule has 0 unspecified atom stereocenters. The Hall–Kier alpha value is -4.71. The lowest BCUT2D eigenvalue weighted by Gasteiger charge is -2.10. The van der Waals surface area contributed by atoms with Crippen LogP contribution in [-0.4, -0.2) is 37.5 Å². The Balaban J connectivity index is 0.000000205. The van der Waals surface area contributed by atoms with Crippen molar-refractivity contribution in [3.63, 3.8) is 0 Å². The maximum atomic E-state index is 13.9. The summed E-state index contributed by atoms with van der Waals surface area (Å²) in [5.74, 6) is -1.13. The summed E-state index contributed by atoms with van der Waals surface area (Å²) in [5.41, 5.74) is 8.06. The molecule has 0 spiro atoms. The lowest BCUT2D eigenvalue weighted by molar-refractivity contribution is 0.102. The van der Waals surface area contributed by atoms with Gasteiger partial charge in [0.05, 0.1) is 27.0 Å². The number of aryl methyl sites for hydroxylation is 6. The van der Waals surface area contributed by atoms with Crippen LogP contribution < -0.4 is 10.6 Å². The van der Waals surface area contributed by atoms with Gasteiger partial charge in [0, 0.05) is 66.0 Å². The van der Waals surface area contributed by atoms with Gasteiger partial charge in [0.25, 0.3) is 5.91 Å². The molecule has 0 atom stereocenters. The Labute approximate surface area is 321 Å². The number of carbonyl (C=O) groups is 1. The first-order chi connectivity index (χ1) is 25.0. The number of nitrogens with zero attached hydrogens (tertiary/aromatic N) is 2. The Bertz CT molecular complexity index is 2060. The normalized spacial score (nSPS) is 11.8. The van der Waals surface area contributed by atoms with Gasteiger partial charge in [-0.15, -0.1) is 22.7 Å². The topological polar surface area (TPSA) is 76.1 Å². The minimum Gasteiger partial charge on any atom is -0.381 e. The summed E-state index contributed by atoms with van der Waals surface area (Å²) in [6.07, 6.45) is 2.56. The van der Waals surface area contributed by atoms with Crippen LogP contribution in [0.3, 0.4) is 0 Å². The Kier molecular flexibility index (Phi) is 15.0. The zero-order valence-corrected chi connectivity index (χ0v) is 32.6. The Morgan fingerprint density at radius 3 is 1.60 bits per heavy atom. The lowest BCUT2D eigenvalue weighted by Crippen LogP contribution is -2.15. The van der Waals surface area contributed by atoms with Gasteiger partial charge in [-0.1, -0.05) is 48.5 Å². The van der Waals surface area contributed by atoms with Crippen molar-refractivity contribution >= 4 is 48.4 Å². The number of aromatic nitrogens is 2. The second kappa shape index (κ2) is 19.4. The number of thiazole rings is 2. The summed E-state index contributed by atoms with van der Waals surface area (Å²) in [7, 11) is 0. The maximum absolute atomic E-state index is 13.9. The number of hydrogen-bond acceptors (Lipinski definition) is 7. The highest BCUT2D eigenvalue weighted by molar-refractivity contribution is 7.12. The number of ether oxygens (including phenoxy) is 1. The van der Waals surface area contributed by atoms with E-state index in [-0.39, 0.29) is 19.8 Å². The first-order valence-electron chi connectivity index (χ1n) is 17.2. The van der Waals surface area contributed by atoms with Crippen LogP contribution in [0.15, 0.2) is 84.9 Å². The second-order valence-corrected chi connectivity index (χ2v) is 15.3. The van der Waals surface area contributed by atoms with E-state index in [0.717, 1.165) is 61.9 Å². The van der Waals surface area contributed by atoms with Crippen molar-refractivity contribution in [2.75, 3.05) is 23.8 Å². The van der Waals surface area contributed by atoms with E-state index in [4.69, 9.17) is 4.74 Å². The molecule has 6 nitrogen and oxygen atoms in total. The first kappa shape index (κ1) is 41.1. The number of nitrogens with one attached hydrogen (secondary N) is 2. The van der Waals surface area contributed by atoms with Crippen LogP contribution in [0.1, 0.15) is 59.7 Å². The van der Waals surface area contributed by atoms with Crippen molar-refractivity contribution < 1.29 is 18.3 Å². The molecule has 2 aromatic heterocycles. The molecular weight excluding hydrogens is 705 g/mol. The predicted octanol–water partition coefficient (Wildman–Crippen LogP) is 11.0.